The van der Waals surface area contributed by atoms with Crippen molar-refractivity contribution in [2.24, 2.45) is 0 Å². The third-order valence-electron chi connectivity index (χ3n) is 1.53. The molecule has 0 saturated carbocycles. The maximum absolute atomic E-state index is 12.6. The molecule has 1 aromatic heterocycles. The topological polar surface area (TPSA) is 63.3 Å². The van der Waals surface area contributed by atoms with Crippen LogP contribution < -0.4 is 0 Å². The second-order valence-corrected chi connectivity index (χ2v) is 2.44. The number of carbonyl (C=O) groups is 1. The molecule has 0 aliphatic heterocycles. The van der Waals surface area contributed by atoms with Gasteiger partial charge < -0.3 is 9.52 Å². The Morgan fingerprint density at radius 2 is 2.31 bits per heavy atom. The minimum atomic E-state index is -1.27. The first kappa shape index (κ1) is 7.72. The largest absolute Gasteiger partial charge is 0.474 e. The zero-order valence-electron chi connectivity index (χ0n) is 6.32. The molecule has 2 rings (SSSR count). The Kier molecular flexibility index (Phi) is 1.51. The zero-order valence-corrected chi connectivity index (χ0v) is 6.32. The third-order valence-corrected chi connectivity index (χ3v) is 1.53. The molecule has 2 aromatic rings. The van der Waals surface area contributed by atoms with Crippen molar-refractivity contribution in [3.05, 3.63) is 29.9 Å². The summed E-state index contributed by atoms with van der Waals surface area (Å²) in [5.74, 6) is -2.17. The van der Waals surface area contributed by atoms with Crippen LogP contribution in [0.25, 0.3) is 11.1 Å². The SMILES string of the molecule is O=C(O)c1nc2cc(F)ccc2o1. The first-order valence-electron chi connectivity index (χ1n) is 3.46. The molecule has 1 N–H and O–H groups in total. The number of aromatic nitrogens is 1. The Morgan fingerprint density at radius 1 is 1.54 bits per heavy atom. The van der Waals surface area contributed by atoms with Crippen molar-refractivity contribution < 1.29 is 18.7 Å². The summed E-state index contributed by atoms with van der Waals surface area (Å²) < 4.78 is 17.4. The molecule has 0 saturated heterocycles. The Bertz CT molecular complexity index is 477. The summed E-state index contributed by atoms with van der Waals surface area (Å²) in [6.07, 6.45) is 0. The van der Waals surface area contributed by atoms with E-state index in [4.69, 9.17) is 9.52 Å². The number of carboxylic acids is 1. The van der Waals surface area contributed by atoms with Gasteiger partial charge in [0.05, 0.1) is 0 Å². The van der Waals surface area contributed by atoms with Crippen molar-refractivity contribution in [3.63, 3.8) is 0 Å². The number of rotatable bonds is 1. The second kappa shape index (κ2) is 2.55. The van der Waals surface area contributed by atoms with Gasteiger partial charge in [0.2, 0.25) is 0 Å². The molecule has 0 radical (unpaired) electrons. The van der Waals surface area contributed by atoms with Crippen LogP contribution in [-0.2, 0) is 0 Å². The van der Waals surface area contributed by atoms with Gasteiger partial charge in [-0.25, -0.2) is 14.2 Å². The van der Waals surface area contributed by atoms with Crippen molar-refractivity contribution in [1.29, 1.82) is 0 Å². The monoisotopic (exact) mass is 181 g/mol. The van der Waals surface area contributed by atoms with Gasteiger partial charge in [-0.3, -0.25) is 0 Å². The van der Waals surface area contributed by atoms with Crippen molar-refractivity contribution in [3.8, 4) is 0 Å². The van der Waals surface area contributed by atoms with Gasteiger partial charge in [-0.2, -0.15) is 0 Å². The summed E-state index contributed by atoms with van der Waals surface area (Å²) in [5, 5.41) is 8.51. The fourth-order valence-electron chi connectivity index (χ4n) is 0.992. The van der Waals surface area contributed by atoms with Crippen LogP contribution in [0.15, 0.2) is 22.6 Å². The summed E-state index contributed by atoms with van der Waals surface area (Å²) in [7, 11) is 0. The molecule has 0 fully saturated rings. The van der Waals surface area contributed by atoms with E-state index in [1.807, 2.05) is 0 Å². The molecule has 0 aliphatic rings. The van der Waals surface area contributed by atoms with E-state index in [1.165, 1.54) is 12.1 Å². The van der Waals surface area contributed by atoms with Crippen molar-refractivity contribution in [2.45, 2.75) is 0 Å². The van der Waals surface area contributed by atoms with E-state index in [9.17, 15) is 9.18 Å². The van der Waals surface area contributed by atoms with Crippen molar-refractivity contribution in [2.75, 3.05) is 0 Å². The Balaban J connectivity index is 2.68. The average molecular weight is 181 g/mol. The lowest BCUT2D eigenvalue weighted by Crippen LogP contribution is -1.94. The molecule has 0 amide bonds. The molecule has 1 heterocycles. The molecule has 0 spiro atoms. The molecule has 0 aliphatic carbocycles. The maximum atomic E-state index is 12.6. The van der Waals surface area contributed by atoms with Gasteiger partial charge >= 0.3 is 11.9 Å². The van der Waals surface area contributed by atoms with Gasteiger partial charge in [-0.05, 0) is 12.1 Å². The summed E-state index contributed by atoms with van der Waals surface area (Å²) in [6, 6.07) is 3.63. The van der Waals surface area contributed by atoms with Gasteiger partial charge in [0, 0.05) is 6.07 Å². The third kappa shape index (κ3) is 1.24. The second-order valence-electron chi connectivity index (χ2n) is 2.44. The van der Waals surface area contributed by atoms with Crippen molar-refractivity contribution in [1.82, 2.24) is 4.98 Å². The van der Waals surface area contributed by atoms with Gasteiger partial charge in [0.1, 0.15) is 11.3 Å². The summed E-state index contributed by atoms with van der Waals surface area (Å²) >= 11 is 0. The highest BCUT2D eigenvalue weighted by molar-refractivity contribution is 5.86. The fraction of sp³-hybridized carbons (Fsp3) is 0. The van der Waals surface area contributed by atoms with Gasteiger partial charge in [0.15, 0.2) is 5.58 Å². The van der Waals surface area contributed by atoms with E-state index in [0.717, 1.165) is 6.07 Å². The quantitative estimate of drug-likeness (QED) is 0.726. The van der Waals surface area contributed by atoms with Gasteiger partial charge in [-0.15, -0.1) is 0 Å². The number of fused-ring (bicyclic) bond motifs is 1. The van der Waals surface area contributed by atoms with Crippen LogP contribution in [0.4, 0.5) is 4.39 Å². The Labute approximate surface area is 71.6 Å². The van der Waals surface area contributed by atoms with Gasteiger partial charge in [0.25, 0.3) is 0 Å². The highest BCUT2D eigenvalue weighted by atomic mass is 19.1. The van der Waals surface area contributed by atoms with Crippen molar-refractivity contribution >= 4 is 17.1 Å². The van der Waals surface area contributed by atoms with E-state index in [2.05, 4.69) is 4.98 Å². The number of aromatic carboxylic acids is 1. The molecule has 4 nitrogen and oxygen atoms in total. The predicted octanol–water partition coefficient (Wildman–Crippen LogP) is 1.67. The van der Waals surface area contributed by atoms with Crippen LogP contribution in [0.5, 0.6) is 0 Å². The first-order valence-corrected chi connectivity index (χ1v) is 3.46. The van der Waals surface area contributed by atoms with E-state index < -0.39 is 17.7 Å². The lowest BCUT2D eigenvalue weighted by Gasteiger charge is -1.84. The summed E-state index contributed by atoms with van der Waals surface area (Å²) in [6.45, 7) is 0. The molecule has 0 atom stereocenters. The first-order chi connectivity index (χ1) is 6.16. The zero-order chi connectivity index (χ0) is 9.42. The summed E-state index contributed by atoms with van der Waals surface area (Å²) in [4.78, 5) is 14.0. The van der Waals surface area contributed by atoms with E-state index in [-0.39, 0.29) is 11.1 Å². The van der Waals surface area contributed by atoms with Crippen LogP contribution in [0.3, 0.4) is 0 Å². The lowest BCUT2D eigenvalue weighted by molar-refractivity contribution is 0.0656. The predicted molar refractivity (Wildman–Crippen MR) is 40.9 cm³/mol. The standard InChI is InChI=1S/C8H4FNO3/c9-4-1-2-6-5(3-4)10-7(13-6)8(11)12/h1-3H,(H,11,12). The number of oxazole rings is 1. The number of hydrogen-bond donors (Lipinski definition) is 1. The molecule has 1 aromatic carbocycles. The van der Waals surface area contributed by atoms with Crippen LogP contribution in [0, 0.1) is 5.82 Å². The van der Waals surface area contributed by atoms with Crippen LogP contribution >= 0.6 is 0 Å². The molecule has 13 heavy (non-hydrogen) atoms. The van der Waals surface area contributed by atoms with Crippen LogP contribution in [0.1, 0.15) is 10.7 Å². The van der Waals surface area contributed by atoms with Crippen LogP contribution in [-0.4, -0.2) is 16.1 Å². The number of nitrogens with zero attached hydrogens (tertiary/aromatic N) is 1. The highest BCUT2D eigenvalue weighted by Crippen LogP contribution is 2.16. The average Bonchev–Trinajstić information content (AvgIpc) is 2.46. The molecular formula is C8H4FNO3. The molecule has 0 unspecified atom stereocenters. The Morgan fingerprint density at radius 3 is 3.00 bits per heavy atom. The lowest BCUT2D eigenvalue weighted by atomic mass is 10.3. The number of benzene rings is 1. The number of carboxylic acid groups (broad SMARTS) is 1. The van der Waals surface area contributed by atoms with Gasteiger partial charge in [-0.1, -0.05) is 0 Å². The normalized spacial score (nSPS) is 10.5. The van der Waals surface area contributed by atoms with E-state index in [1.54, 1.807) is 0 Å². The maximum Gasteiger partial charge on any atom is 0.392 e. The minimum Gasteiger partial charge on any atom is -0.474 e. The molecule has 66 valence electrons. The summed E-state index contributed by atoms with van der Waals surface area (Å²) in [5.41, 5.74) is 0.469. The molecular weight excluding hydrogens is 177 g/mol. The van der Waals surface area contributed by atoms with Crippen LogP contribution in [0.2, 0.25) is 0 Å². The van der Waals surface area contributed by atoms with E-state index in [0.29, 0.717) is 0 Å². The Hall–Kier alpha value is -1.91. The molecule has 5 heteroatoms. The highest BCUT2D eigenvalue weighted by Gasteiger charge is 2.12. The smallest absolute Gasteiger partial charge is 0.392 e. The van der Waals surface area contributed by atoms with E-state index >= 15 is 0 Å². The minimum absolute atomic E-state index is 0.206. The number of halogens is 1. The fourth-order valence-corrected chi connectivity index (χ4v) is 0.992. The molecule has 0 bridgehead atoms. The number of hydrogen-bond acceptors (Lipinski definition) is 3.